The molecule has 0 aromatic rings. The van der Waals surface area contributed by atoms with Crippen LogP contribution in [-0.4, -0.2) is 30.6 Å². The summed E-state index contributed by atoms with van der Waals surface area (Å²) < 4.78 is 0. The number of hydrogen-bond acceptors (Lipinski definition) is 2. The lowest BCUT2D eigenvalue weighted by Crippen LogP contribution is -2.55. The zero-order valence-electron chi connectivity index (χ0n) is 14.1. The number of nitrogens with two attached hydrogens (primary N) is 1. The molecular weight excluding hydrogens is 232 g/mol. The highest BCUT2D eigenvalue weighted by atomic mass is 15.2. The third-order valence-corrected chi connectivity index (χ3v) is 5.61. The quantitative estimate of drug-likeness (QED) is 0.819. The van der Waals surface area contributed by atoms with Gasteiger partial charge in [-0.3, -0.25) is 4.90 Å². The lowest BCUT2D eigenvalue weighted by molar-refractivity contribution is 0.0301. The Hall–Kier alpha value is -0.0800. The van der Waals surface area contributed by atoms with Crippen molar-refractivity contribution < 1.29 is 0 Å². The first-order valence-corrected chi connectivity index (χ1v) is 8.16. The van der Waals surface area contributed by atoms with Crippen molar-refractivity contribution in [2.24, 2.45) is 23.0 Å². The van der Waals surface area contributed by atoms with Crippen LogP contribution >= 0.6 is 0 Å². The molecule has 1 saturated carbocycles. The Balaban J connectivity index is 2.64. The first-order chi connectivity index (χ1) is 8.75. The van der Waals surface area contributed by atoms with Gasteiger partial charge in [0, 0.05) is 18.6 Å². The fourth-order valence-electron chi connectivity index (χ4n) is 3.55. The molecule has 0 radical (unpaired) electrons. The largest absolute Gasteiger partial charge is 0.329 e. The molecule has 1 fully saturated rings. The molecule has 0 aromatic carbocycles. The average molecular weight is 268 g/mol. The molecule has 0 aliphatic heterocycles. The number of likely N-dealkylation sites (N-methyl/N-ethyl adjacent to an activating group) is 1. The van der Waals surface area contributed by atoms with E-state index in [9.17, 15) is 0 Å². The molecule has 0 amide bonds. The van der Waals surface area contributed by atoms with Crippen molar-refractivity contribution in [2.75, 3.05) is 20.1 Å². The first kappa shape index (κ1) is 17.0. The summed E-state index contributed by atoms with van der Waals surface area (Å²) in [7, 11) is 2.29. The molecular formula is C17H36N2. The molecule has 0 saturated heterocycles. The van der Waals surface area contributed by atoms with Gasteiger partial charge in [0.15, 0.2) is 0 Å². The Labute approximate surface area is 121 Å². The summed E-state index contributed by atoms with van der Waals surface area (Å²) in [4.78, 5) is 2.57. The molecule has 0 heterocycles. The van der Waals surface area contributed by atoms with E-state index in [2.05, 4.69) is 46.6 Å². The van der Waals surface area contributed by atoms with Gasteiger partial charge in [0.1, 0.15) is 0 Å². The van der Waals surface area contributed by atoms with Crippen LogP contribution in [0.3, 0.4) is 0 Å². The minimum absolute atomic E-state index is 0.269. The predicted molar refractivity (Wildman–Crippen MR) is 85.3 cm³/mol. The fourth-order valence-corrected chi connectivity index (χ4v) is 3.55. The van der Waals surface area contributed by atoms with Gasteiger partial charge >= 0.3 is 0 Å². The van der Waals surface area contributed by atoms with Crippen LogP contribution in [0, 0.1) is 17.3 Å². The van der Waals surface area contributed by atoms with E-state index in [1.807, 2.05) is 0 Å². The Morgan fingerprint density at radius 2 is 1.79 bits per heavy atom. The summed E-state index contributed by atoms with van der Waals surface area (Å²) in [6.45, 7) is 13.8. The van der Waals surface area contributed by atoms with Crippen LogP contribution in [0.15, 0.2) is 0 Å². The number of hydrogen-bond donors (Lipinski definition) is 1. The third-order valence-electron chi connectivity index (χ3n) is 5.61. The third kappa shape index (κ3) is 4.19. The van der Waals surface area contributed by atoms with E-state index in [4.69, 9.17) is 5.73 Å². The molecule has 1 aliphatic carbocycles. The minimum Gasteiger partial charge on any atom is -0.329 e. The van der Waals surface area contributed by atoms with Crippen LogP contribution in [0.4, 0.5) is 0 Å². The first-order valence-electron chi connectivity index (χ1n) is 8.16. The van der Waals surface area contributed by atoms with Crippen LogP contribution < -0.4 is 5.73 Å². The van der Waals surface area contributed by atoms with E-state index in [1.165, 1.54) is 38.6 Å². The maximum Gasteiger partial charge on any atom is 0.0329 e. The highest BCUT2D eigenvalue weighted by Gasteiger charge is 2.40. The normalized spacial score (nSPS) is 30.6. The van der Waals surface area contributed by atoms with Crippen LogP contribution in [-0.2, 0) is 0 Å². The van der Waals surface area contributed by atoms with Gasteiger partial charge in [0.05, 0.1) is 0 Å². The monoisotopic (exact) mass is 268 g/mol. The van der Waals surface area contributed by atoms with Crippen LogP contribution in [0.25, 0.3) is 0 Å². The summed E-state index contributed by atoms with van der Waals surface area (Å²) in [5.74, 6) is 1.64. The van der Waals surface area contributed by atoms with Crippen molar-refractivity contribution in [3.8, 4) is 0 Å². The van der Waals surface area contributed by atoms with E-state index >= 15 is 0 Å². The highest BCUT2D eigenvalue weighted by Crippen LogP contribution is 2.43. The molecule has 0 bridgehead atoms. The Bertz CT molecular complexity index is 259. The van der Waals surface area contributed by atoms with Crippen molar-refractivity contribution in [1.29, 1.82) is 0 Å². The summed E-state index contributed by atoms with van der Waals surface area (Å²) >= 11 is 0. The SMILES string of the molecule is CCC(C)CN(C)C1(CN)CCC(C(C)(C)C)CC1. The zero-order chi connectivity index (χ0) is 14.7. The van der Waals surface area contributed by atoms with Gasteiger partial charge in [-0.05, 0) is 50.0 Å². The maximum atomic E-state index is 6.17. The van der Waals surface area contributed by atoms with Crippen molar-refractivity contribution in [1.82, 2.24) is 4.90 Å². The predicted octanol–water partition coefficient (Wildman–Crippen LogP) is 3.90. The second-order valence-electron chi connectivity index (χ2n) is 7.96. The van der Waals surface area contributed by atoms with Gasteiger partial charge in [-0.1, -0.05) is 41.0 Å². The highest BCUT2D eigenvalue weighted by molar-refractivity contribution is 4.96. The fraction of sp³-hybridized carbons (Fsp3) is 1.00. The maximum absolute atomic E-state index is 6.17. The molecule has 2 heteroatoms. The lowest BCUT2D eigenvalue weighted by Gasteiger charge is -2.49. The van der Waals surface area contributed by atoms with Gasteiger partial charge in [0.25, 0.3) is 0 Å². The summed E-state index contributed by atoms with van der Waals surface area (Å²) in [5.41, 5.74) is 6.89. The summed E-state index contributed by atoms with van der Waals surface area (Å²) in [6.07, 6.45) is 6.49. The molecule has 0 aromatic heterocycles. The molecule has 1 rings (SSSR count). The number of rotatable bonds is 5. The van der Waals surface area contributed by atoms with E-state index < -0.39 is 0 Å². The molecule has 1 atom stereocenters. The second kappa shape index (κ2) is 6.58. The Kier molecular flexibility index (Phi) is 5.88. The molecule has 0 spiro atoms. The molecule has 19 heavy (non-hydrogen) atoms. The van der Waals surface area contributed by atoms with Crippen LogP contribution in [0.5, 0.6) is 0 Å². The second-order valence-corrected chi connectivity index (χ2v) is 7.96. The topological polar surface area (TPSA) is 29.3 Å². The van der Waals surface area contributed by atoms with Crippen molar-refractivity contribution >= 4 is 0 Å². The van der Waals surface area contributed by atoms with Crippen molar-refractivity contribution in [2.45, 2.75) is 72.3 Å². The molecule has 1 aliphatic rings. The number of nitrogens with zero attached hydrogens (tertiary/aromatic N) is 1. The van der Waals surface area contributed by atoms with Gasteiger partial charge in [-0.2, -0.15) is 0 Å². The van der Waals surface area contributed by atoms with E-state index in [0.29, 0.717) is 5.41 Å². The smallest absolute Gasteiger partial charge is 0.0329 e. The van der Waals surface area contributed by atoms with Gasteiger partial charge in [-0.15, -0.1) is 0 Å². The molecule has 1 unspecified atom stereocenters. The van der Waals surface area contributed by atoms with Gasteiger partial charge in [0.2, 0.25) is 0 Å². The lowest BCUT2D eigenvalue weighted by atomic mass is 9.67. The van der Waals surface area contributed by atoms with Crippen LogP contribution in [0.1, 0.15) is 66.7 Å². The molecule has 114 valence electrons. The van der Waals surface area contributed by atoms with Crippen LogP contribution in [0.2, 0.25) is 0 Å². The van der Waals surface area contributed by atoms with E-state index in [0.717, 1.165) is 18.4 Å². The summed E-state index contributed by atoms with van der Waals surface area (Å²) in [6, 6.07) is 0. The summed E-state index contributed by atoms with van der Waals surface area (Å²) in [5, 5.41) is 0. The minimum atomic E-state index is 0.269. The Morgan fingerprint density at radius 3 is 2.16 bits per heavy atom. The van der Waals surface area contributed by atoms with Crippen molar-refractivity contribution in [3.05, 3.63) is 0 Å². The van der Waals surface area contributed by atoms with Gasteiger partial charge < -0.3 is 5.73 Å². The van der Waals surface area contributed by atoms with Gasteiger partial charge in [-0.25, -0.2) is 0 Å². The van der Waals surface area contributed by atoms with E-state index in [-0.39, 0.29) is 5.54 Å². The molecule has 2 nitrogen and oxygen atoms in total. The van der Waals surface area contributed by atoms with Crippen molar-refractivity contribution in [3.63, 3.8) is 0 Å². The molecule has 2 N–H and O–H groups in total. The zero-order valence-corrected chi connectivity index (χ0v) is 14.1. The Morgan fingerprint density at radius 1 is 1.26 bits per heavy atom. The van der Waals surface area contributed by atoms with E-state index in [1.54, 1.807) is 0 Å². The average Bonchev–Trinajstić information content (AvgIpc) is 2.37. The standard InChI is InChI=1S/C17H36N2/c1-7-14(2)12-19(6)17(13-18)10-8-15(9-11-17)16(3,4)5/h14-15H,7-13,18H2,1-6H3.